The third-order valence-electron chi connectivity index (χ3n) is 5.54. The highest BCUT2D eigenvalue weighted by molar-refractivity contribution is 6.37. The maximum absolute atomic E-state index is 13.5. The number of ether oxygens (including phenoxy) is 1. The summed E-state index contributed by atoms with van der Waals surface area (Å²) in [4.78, 5) is 13.5. The van der Waals surface area contributed by atoms with Gasteiger partial charge in [0.2, 0.25) is 0 Å². The Labute approximate surface area is 213 Å². The van der Waals surface area contributed by atoms with Crippen LogP contribution in [-0.2, 0) is 11.4 Å². The molecule has 0 atom stereocenters. The monoisotopic (exact) mass is 498 g/mol. The van der Waals surface area contributed by atoms with Gasteiger partial charge in [-0.1, -0.05) is 96.0 Å². The van der Waals surface area contributed by atoms with Gasteiger partial charge in [-0.05, 0) is 36.4 Å². The van der Waals surface area contributed by atoms with Gasteiger partial charge in [0.05, 0.1) is 11.3 Å². The molecule has 0 spiro atoms. The van der Waals surface area contributed by atoms with Gasteiger partial charge in [-0.2, -0.15) is 10.1 Å². The van der Waals surface area contributed by atoms with E-state index in [1.807, 2.05) is 97.1 Å². The molecule has 5 rings (SSSR count). The fourth-order valence-corrected chi connectivity index (χ4v) is 4.24. The van der Waals surface area contributed by atoms with Gasteiger partial charge in [-0.15, -0.1) is 0 Å². The predicted molar refractivity (Wildman–Crippen MR) is 142 cm³/mol. The fourth-order valence-electron chi connectivity index (χ4n) is 3.78. The molecule has 4 nitrogen and oxygen atoms in total. The van der Waals surface area contributed by atoms with Crippen molar-refractivity contribution in [1.82, 2.24) is 0 Å². The predicted octanol–water partition coefficient (Wildman–Crippen LogP) is 7.41. The number of nitrogens with zero attached hydrogens (tertiary/aromatic N) is 2. The van der Waals surface area contributed by atoms with E-state index < -0.39 is 0 Å². The SMILES string of the molecule is O=C1C(=Cc2ccccc2OCc2ccc(Cl)cc2Cl)C(c2ccccc2)=NN1c1ccccc1. The number of carbonyl (C=O) groups excluding carboxylic acids is 1. The summed E-state index contributed by atoms with van der Waals surface area (Å²) in [5.74, 6) is 0.426. The Balaban J connectivity index is 1.51. The van der Waals surface area contributed by atoms with Crippen LogP contribution in [0.3, 0.4) is 0 Å². The second kappa shape index (κ2) is 10.2. The van der Waals surface area contributed by atoms with Gasteiger partial charge in [-0.3, -0.25) is 4.79 Å². The summed E-state index contributed by atoms with van der Waals surface area (Å²) >= 11 is 12.3. The van der Waals surface area contributed by atoms with E-state index in [0.29, 0.717) is 32.8 Å². The Kier molecular flexibility index (Phi) is 6.66. The van der Waals surface area contributed by atoms with E-state index in [2.05, 4.69) is 0 Å². The van der Waals surface area contributed by atoms with Crippen molar-refractivity contribution >= 4 is 46.6 Å². The van der Waals surface area contributed by atoms with Gasteiger partial charge < -0.3 is 4.74 Å². The first kappa shape index (κ1) is 22.9. The normalized spacial score (nSPS) is 14.3. The Morgan fingerprint density at radius 1 is 0.829 bits per heavy atom. The number of carbonyl (C=O) groups is 1. The maximum Gasteiger partial charge on any atom is 0.281 e. The highest BCUT2D eigenvalue weighted by atomic mass is 35.5. The minimum absolute atomic E-state index is 0.203. The average molecular weight is 499 g/mol. The number of halogens is 2. The molecule has 1 amide bonds. The molecule has 0 N–H and O–H groups in total. The van der Waals surface area contributed by atoms with E-state index in [9.17, 15) is 4.79 Å². The third-order valence-corrected chi connectivity index (χ3v) is 6.13. The zero-order chi connectivity index (χ0) is 24.2. The molecular weight excluding hydrogens is 479 g/mol. The summed E-state index contributed by atoms with van der Waals surface area (Å²) in [6.07, 6.45) is 1.83. The number of para-hydroxylation sites is 2. The van der Waals surface area contributed by atoms with Crippen molar-refractivity contribution in [3.8, 4) is 5.75 Å². The molecule has 1 aliphatic rings. The van der Waals surface area contributed by atoms with Crippen LogP contribution < -0.4 is 9.75 Å². The molecule has 0 radical (unpaired) electrons. The lowest BCUT2D eigenvalue weighted by atomic mass is 10.00. The van der Waals surface area contributed by atoms with Crippen molar-refractivity contribution in [3.63, 3.8) is 0 Å². The summed E-state index contributed by atoms with van der Waals surface area (Å²) < 4.78 is 6.10. The average Bonchev–Trinajstić information content (AvgIpc) is 3.21. The largest absolute Gasteiger partial charge is 0.488 e. The highest BCUT2D eigenvalue weighted by Crippen LogP contribution is 2.30. The van der Waals surface area contributed by atoms with E-state index in [-0.39, 0.29) is 12.5 Å². The molecule has 4 aromatic rings. The first-order valence-corrected chi connectivity index (χ1v) is 11.8. The lowest BCUT2D eigenvalue weighted by Crippen LogP contribution is -2.21. The Morgan fingerprint density at radius 3 is 2.26 bits per heavy atom. The van der Waals surface area contributed by atoms with Crippen molar-refractivity contribution in [2.75, 3.05) is 5.01 Å². The summed E-state index contributed by atoms with van der Waals surface area (Å²) in [6, 6.07) is 31.9. The first-order chi connectivity index (χ1) is 17.1. The summed E-state index contributed by atoms with van der Waals surface area (Å²) in [5.41, 5.74) is 4.24. The van der Waals surface area contributed by atoms with E-state index in [0.717, 1.165) is 16.7 Å². The standard InChI is InChI=1S/C29H20Cl2N2O2/c30-23-16-15-22(26(31)18-23)19-35-27-14-8-7-11-21(27)17-25-28(20-9-3-1-4-10-20)32-33(29(25)34)24-12-5-2-6-13-24/h1-18H,19H2. The molecule has 0 unspecified atom stereocenters. The van der Waals surface area contributed by atoms with Crippen LogP contribution in [0.25, 0.3) is 6.08 Å². The number of hydrogen-bond donors (Lipinski definition) is 0. The molecule has 1 heterocycles. The number of amides is 1. The number of hydrogen-bond acceptors (Lipinski definition) is 3. The molecule has 0 fully saturated rings. The van der Waals surface area contributed by atoms with E-state index in [1.165, 1.54) is 5.01 Å². The van der Waals surface area contributed by atoms with Crippen molar-refractivity contribution in [2.24, 2.45) is 5.10 Å². The molecule has 1 aliphatic heterocycles. The van der Waals surface area contributed by atoms with Crippen LogP contribution in [0.1, 0.15) is 16.7 Å². The van der Waals surface area contributed by atoms with Crippen LogP contribution in [0.15, 0.2) is 114 Å². The summed E-state index contributed by atoms with van der Waals surface area (Å²) in [6.45, 7) is 0.264. The molecule has 0 aromatic heterocycles. The van der Waals surface area contributed by atoms with Gasteiger partial charge in [-0.25, -0.2) is 0 Å². The Bertz CT molecular complexity index is 1430. The number of hydrazone groups is 1. The molecule has 0 saturated carbocycles. The van der Waals surface area contributed by atoms with Gasteiger partial charge >= 0.3 is 0 Å². The minimum atomic E-state index is -0.203. The number of rotatable bonds is 6. The second-order valence-electron chi connectivity index (χ2n) is 7.89. The first-order valence-electron chi connectivity index (χ1n) is 11.0. The quantitative estimate of drug-likeness (QED) is 0.259. The van der Waals surface area contributed by atoms with Gasteiger partial charge in [0.1, 0.15) is 18.1 Å². The fraction of sp³-hybridized carbons (Fsp3) is 0.0345. The van der Waals surface area contributed by atoms with Crippen LogP contribution in [0.5, 0.6) is 5.75 Å². The minimum Gasteiger partial charge on any atom is -0.488 e. The Hall–Kier alpha value is -3.86. The zero-order valence-corrected chi connectivity index (χ0v) is 20.1. The molecule has 0 bridgehead atoms. The van der Waals surface area contributed by atoms with Crippen molar-refractivity contribution in [3.05, 3.63) is 135 Å². The molecule has 4 aromatic carbocycles. The number of benzene rings is 4. The van der Waals surface area contributed by atoms with Crippen LogP contribution in [0.2, 0.25) is 10.0 Å². The van der Waals surface area contributed by atoms with Gasteiger partial charge in [0.15, 0.2) is 0 Å². The molecule has 6 heteroatoms. The Morgan fingerprint density at radius 2 is 1.51 bits per heavy atom. The van der Waals surface area contributed by atoms with E-state index in [1.54, 1.807) is 12.1 Å². The van der Waals surface area contributed by atoms with Crippen LogP contribution in [-0.4, -0.2) is 11.6 Å². The van der Waals surface area contributed by atoms with E-state index >= 15 is 0 Å². The van der Waals surface area contributed by atoms with Crippen LogP contribution in [0, 0.1) is 0 Å². The van der Waals surface area contributed by atoms with Crippen molar-refractivity contribution in [1.29, 1.82) is 0 Å². The van der Waals surface area contributed by atoms with Crippen molar-refractivity contribution < 1.29 is 9.53 Å². The molecule has 0 saturated heterocycles. The molecule has 0 aliphatic carbocycles. The summed E-state index contributed by atoms with van der Waals surface area (Å²) in [5, 5.41) is 7.23. The number of anilines is 1. The summed E-state index contributed by atoms with van der Waals surface area (Å²) in [7, 11) is 0. The van der Waals surface area contributed by atoms with Crippen LogP contribution in [0.4, 0.5) is 5.69 Å². The lowest BCUT2D eigenvalue weighted by Gasteiger charge is -2.12. The van der Waals surface area contributed by atoms with E-state index in [4.69, 9.17) is 33.0 Å². The second-order valence-corrected chi connectivity index (χ2v) is 8.73. The maximum atomic E-state index is 13.5. The smallest absolute Gasteiger partial charge is 0.281 e. The molecule has 35 heavy (non-hydrogen) atoms. The van der Waals surface area contributed by atoms with Crippen LogP contribution >= 0.6 is 23.2 Å². The molecular formula is C29H20Cl2N2O2. The van der Waals surface area contributed by atoms with Gasteiger partial charge in [0.25, 0.3) is 5.91 Å². The van der Waals surface area contributed by atoms with Gasteiger partial charge in [0, 0.05) is 26.7 Å². The lowest BCUT2D eigenvalue weighted by molar-refractivity contribution is -0.114. The zero-order valence-electron chi connectivity index (χ0n) is 18.6. The third kappa shape index (κ3) is 4.99. The molecule has 172 valence electrons. The van der Waals surface area contributed by atoms with Crippen molar-refractivity contribution in [2.45, 2.75) is 6.61 Å². The highest BCUT2D eigenvalue weighted by Gasteiger charge is 2.32. The topological polar surface area (TPSA) is 41.9 Å².